The monoisotopic (exact) mass is 428 g/mol. The van der Waals surface area contributed by atoms with Gasteiger partial charge in [-0.25, -0.2) is 0 Å². The Kier molecular flexibility index (Phi) is 6.29. The van der Waals surface area contributed by atoms with E-state index in [1.165, 1.54) is 12.0 Å². The van der Waals surface area contributed by atoms with E-state index in [4.69, 9.17) is 23.2 Å². The fourth-order valence-electron chi connectivity index (χ4n) is 4.49. The summed E-state index contributed by atoms with van der Waals surface area (Å²) in [6.07, 6.45) is 5.27. The number of Topliss-reactive ketones (excluding diaryl/α,β-unsaturated/α-hetero) is 1. The lowest BCUT2D eigenvalue weighted by Crippen LogP contribution is -2.23. The van der Waals surface area contributed by atoms with Crippen LogP contribution in [0, 0.1) is 5.92 Å². The highest BCUT2D eigenvalue weighted by molar-refractivity contribution is 6.35. The Labute approximate surface area is 182 Å². The highest BCUT2D eigenvalue weighted by Gasteiger charge is 2.23. The maximum atomic E-state index is 12.0. The number of para-hydroxylation sites is 1. The summed E-state index contributed by atoms with van der Waals surface area (Å²) in [4.78, 5) is 14.5. The number of aromatic nitrogens is 1. The topological polar surface area (TPSA) is 25.2 Å². The van der Waals surface area contributed by atoms with Crippen molar-refractivity contribution >= 4 is 39.9 Å². The number of rotatable bonds is 7. The zero-order valence-corrected chi connectivity index (χ0v) is 18.2. The number of ketones is 1. The summed E-state index contributed by atoms with van der Waals surface area (Å²) in [6, 6.07) is 13.9. The molecule has 1 aliphatic rings. The molecular weight excluding hydrogens is 403 g/mol. The average molecular weight is 429 g/mol. The molecule has 2 aromatic carbocycles. The van der Waals surface area contributed by atoms with Crippen molar-refractivity contribution in [2.75, 3.05) is 19.6 Å². The fraction of sp³-hybridized carbons (Fsp3) is 0.375. The summed E-state index contributed by atoms with van der Waals surface area (Å²) in [5, 5.41) is 2.53. The molecule has 1 saturated heterocycles. The molecular formula is C24H26Cl2N2O. The highest BCUT2D eigenvalue weighted by Crippen LogP contribution is 2.29. The summed E-state index contributed by atoms with van der Waals surface area (Å²) in [6.45, 7) is 5.79. The van der Waals surface area contributed by atoms with Crippen molar-refractivity contribution in [1.29, 1.82) is 0 Å². The van der Waals surface area contributed by atoms with E-state index < -0.39 is 0 Å². The molecule has 4 rings (SSSR count). The SMILES string of the molecule is CC(=O)c1cn(CCCN2CCC(Cc3ccccc3Cl)C2)c2c(Cl)cccc12. The maximum absolute atomic E-state index is 12.0. The third-order valence-corrected chi connectivity index (χ3v) is 6.61. The third kappa shape index (κ3) is 4.53. The zero-order valence-electron chi connectivity index (χ0n) is 16.7. The normalized spacial score (nSPS) is 17.3. The number of carbonyl (C=O) groups excluding carboxylic acids is 1. The van der Waals surface area contributed by atoms with E-state index in [9.17, 15) is 4.79 Å². The van der Waals surface area contributed by atoms with Crippen molar-refractivity contribution < 1.29 is 4.79 Å². The Morgan fingerprint density at radius 1 is 1.07 bits per heavy atom. The molecule has 1 aromatic heterocycles. The van der Waals surface area contributed by atoms with Crippen LogP contribution in [0.2, 0.25) is 10.0 Å². The van der Waals surface area contributed by atoms with Gasteiger partial charge in [-0.3, -0.25) is 4.79 Å². The molecule has 5 heteroatoms. The number of hydrogen-bond acceptors (Lipinski definition) is 2. The van der Waals surface area contributed by atoms with E-state index in [2.05, 4.69) is 21.6 Å². The van der Waals surface area contributed by atoms with E-state index in [-0.39, 0.29) is 5.78 Å². The Hall–Kier alpha value is -1.81. The van der Waals surface area contributed by atoms with Crippen molar-refractivity contribution in [2.24, 2.45) is 5.92 Å². The first kappa shape index (κ1) is 20.5. The lowest BCUT2D eigenvalue weighted by molar-refractivity contribution is 0.101. The van der Waals surface area contributed by atoms with Crippen LogP contribution in [0.3, 0.4) is 0 Å². The van der Waals surface area contributed by atoms with E-state index in [0.717, 1.165) is 60.5 Å². The fourth-order valence-corrected chi connectivity index (χ4v) is 4.99. The molecule has 0 N–H and O–H groups in total. The van der Waals surface area contributed by atoms with Gasteiger partial charge in [-0.05, 0) is 62.9 Å². The molecule has 0 radical (unpaired) electrons. The molecule has 1 aliphatic heterocycles. The second kappa shape index (κ2) is 8.91. The molecule has 1 atom stereocenters. The summed E-state index contributed by atoms with van der Waals surface area (Å²) >= 11 is 12.8. The van der Waals surface area contributed by atoms with Gasteiger partial charge < -0.3 is 9.47 Å². The Bertz CT molecular complexity index is 1030. The van der Waals surface area contributed by atoms with Gasteiger partial charge in [0, 0.05) is 35.3 Å². The summed E-state index contributed by atoms with van der Waals surface area (Å²) in [5.41, 5.74) is 2.98. The minimum atomic E-state index is 0.0815. The van der Waals surface area contributed by atoms with Crippen LogP contribution in [0.1, 0.15) is 35.7 Å². The second-order valence-electron chi connectivity index (χ2n) is 8.03. The predicted molar refractivity (Wildman–Crippen MR) is 121 cm³/mol. The lowest BCUT2D eigenvalue weighted by Gasteiger charge is -2.17. The number of nitrogens with zero attached hydrogens (tertiary/aromatic N) is 2. The van der Waals surface area contributed by atoms with E-state index in [1.807, 2.05) is 36.5 Å². The molecule has 3 nitrogen and oxygen atoms in total. The molecule has 29 heavy (non-hydrogen) atoms. The van der Waals surface area contributed by atoms with Crippen molar-refractivity contribution in [3.05, 3.63) is 69.8 Å². The largest absolute Gasteiger partial charge is 0.345 e. The van der Waals surface area contributed by atoms with Crippen LogP contribution in [0.15, 0.2) is 48.7 Å². The van der Waals surface area contributed by atoms with Crippen LogP contribution >= 0.6 is 23.2 Å². The van der Waals surface area contributed by atoms with Gasteiger partial charge >= 0.3 is 0 Å². The molecule has 2 heterocycles. The smallest absolute Gasteiger partial charge is 0.161 e. The minimum absolute atomic E-state index is 0.0815. The van der Waals surface area contributed by atoms with Gasteiger partial charge in [0.15, 0.2) is 5.78 Å². The number of carbonyl (C=O) groups is 1. The van der Waals surface area contributed by atoms with Crippen molar-refractivity contribution in [3.8, 4) is 0 Å². The van der Waals surface area contributed by atoms with Crippen LogP contribution in [-0.2, 0) is 13.0 Å². The molecule has 0 bridgehead atoms. The minimum Gasteiger partial charge on any atom is -0.345 e. The number of aryl methyl sites for hydroxylation is 1. The Morgan fingerprint density at radius 3 is 2.66 bits per heavy atom. The van der Waals surface area contributed by atoms with Crippen LogP contribution < -0.4 is 0 Å². The molecule has 0 spiro atoms. The summed E-state index contributed by atoms with van der Waals surface area (Å²) < 4.78 is 2.14. The molecule has 0 aliphatic carbocycles. The zero-order chi connectivity index (χ0) is 20.4. The Balaban J connectivity index is 1.35. The molecule has 3 aromatic rings. The summed E-state index contributed by atoms with van der Waals surface area (Å²) in [5.74, 6) is 0.749. The third-order valence-electron chi connectivity index (χ3n) is 5.94. The second-order valence-corrected chi connectivity index (χ2v) is 8.85. The van der Waals surface area contributed by atoms with Crippen LogP contribution in [0.25, 0.3) is 10.9 Å². The quantitative estimate of drug-likeness (QED) is 0.424. The number of halogens is 2. The van der Waals surface area contributed by atoms with Gasteiger partial charge in [0.2, 0.25) is 0 Å². The van der Waals surface area contributed by atoms with E-state index >= 15 is 0 Å². The van der Waals surface area contributed by atoms with Gasteiger partial charge in [0.05, 0.1) is 10.5 Å². The van der Waals surface area contributed by atoms with E-state index in [0.29, 0.717) is 10.9 Å². The predicted octanol–water partition coefficient (Wildman–Crippen LogP) is 6.11. The number of hydrogen-bond donors (Lipinski definition) is 0. The first-order valence-electron chi connectivity index (χ1n) is 10.3. The van der Waals surface area contributed by atoms with Crippen molar-refractivity contribution in [1.82, 2.24) is 9.47 Å². The number of likely N-dealkylation sites (tertiary alicyclic amines) is 1. The maximum Gasteiger partial charge on any atom is 0.161 e. The molecule has 1 unspecified atom stereocenters. The van der Waals surface area contributed by atoms with Crippen LogP contribution in [0.4, 0.5) is 0 Å². The Morgan fingerprint density at radius 2 is 1.86 bits per heavy atom. The highest BCUT2D eigenvalue weighted by atomic mass is 35.5. The standard InChI is InChI=1S/C24H26Cl2N2O/c1-17(29)21-16-28(24-20(21)7-4-9-23(24)26)12-5-11-27-13-10-18(15-27)14-19-6-2-3-8-22(19)25/h2-4,6-9,16,18H,5,10-15H2,1H3. The molecule has 0 saturated carbocycles. The molecule has 152 valence electrons. The van der Waals surface area contributed by atoms with E-state index in [1.54, 1.807) is 6.92 Å². The first-order valence-corrected chi connectivity index (χ1v) is 11.0. The van der Waals surface area contributed by atoms with Gasteiger partial charge in [-0.2, -0.15) is 0 Å². The van der Waals surface area contributed by atoms with Crippen molar-refractivity contribution in [3.63, 3.8) is 0 Å². The van der Waals surface area contributed by atoms with Gasteiger partial charge in [0.25, 0.3) is 0 Å². The number of benzene rings is 2. The molecule has 1 fully saturated rings. The van der Waals surface area contributed by atoms with Crippen LogP contribution in [0.5, 0.6) is 0 Å². The van der Waals surface area contributed by atoms with Gasteiger partial charge in [-0.15, -0.1) is 0 Å². The van der Waals surface area contributed by atoms with Crippen molar-refractivity contribution in [2.45, 2.75) is 32.7 Å². The summed E-state index contributed by atoms with van der Waals surface area (Å²) in [7, 11) is 0. The molecule has 0 amide bonds. The van der Waals surface area contributed by atoms with Crippen LogP contribution in [-0.4, -0.2) is 34.9 Å². The van der Waals surface area contributed by atoms with Gasteiger partial charge in [0.1, 0.15) is 0 Å². The average Bonchev–Trinajstić information content (AvgIpc) is 3.29. The first-order chi connectivity index (χ1) is 14.0. The lowest BCUT2D eigenvalue weighted by atomic mass is 9.99. The van der Waals surface area contributed by atoms with Gasteiger partial charge in [-0.1, -0.05) is 53.5 Å². The number of fused-ring (bicyclic) bond motifs is 1.